The highest BCUT2D eigenvalue weighted by atomic mass is 31.2. The van der Waals surface area contributed by atoms with Crippen LogP contribution in [0.5, 0.6) is 0 Å². The lowest BCUT2D eigenvalue weighted by molar-refractivity contribution is -0.0624. The second-order valence-corrected chi connectivity index (χ2v) is 10.1. The number of hydrogen-bond acceptors (Lipinski definition) is 8. The zero-order valence-corrected chi connectivity index (χ0v) is 18.3. The molecule has 2 aromatic rings. The van der Waals surface area contributed by atoms with Crippen LogP contribution in [0.2, 0.25) is 0 Å². The number of aliphatic hydroxyl groups is 3. The van der Waals surface area contributed by atoms with E-state index in [-0.39, 0.29) is 13.2 Å². The van der Waals surface area contributed by atoms with E-state index in [0.29, 0.717) is 11.1 Å². The Morgan fingerprint density at radius 1 is 0.742 bits per heavy atom. The van der Waals surface area contributed by atoms with Crippen molar-refractivity contribution in [3.63, 3.8) is 0 Å². The third-order valence-electron chi connectivity index (χ3n) is 4.47. The number of rotatable bonds is 13. The van der Waals surface area contributed by atoms with Crippen molar-refractivity contribution in [1.82, 2.24) is 0 Å². The van der Waals surface area contributed by atoms with Gasteiger partial charge in [0.2, 0.25) is 0 Å². The Labute approximate surface area is 179 Å². The van der Waals surface area contributed by atoms with Crippen LogP contribution in [-0.4, -0.2) is 50.8 Å². The molecule has 1 atom stereocenters. The molecule has 172 valence electrons. The summed E-state index contributed by atoms with van der Waals surface area (Å²) < 4.78 is 41.2. The molecule has 0 aromatic heterocycles. The molecule has 0 saturated heterocycles. The average molecular weight is 476 g/mol. The van der Waals surface area contributed by atoms with E-state index in [1.165, 1.54) is 0 Å². The van der Waals surface area contributed by atoms with E-state index < -0.39 is 46.5 Å². The molecule has 1 unspecified atom stereocenters. The summed E-state index contributed by atoms with van der Waals surface area (Å²) in [7, 11) is -9.93. The molecule has 12 heteroatoms. The number of phosphoric acid groups is 1. The summed E-state index contributed by atoms with van der Waals surface area (Å²) in [5, 5.41) is 28.8. The normalized spacial score (nSPS) is 13.8. The second-order valence-electron chi connectivity index (χ2n) is 6.85. The first-order valence-electron chi connectivity index (χ1n) is 9.21. The Morgan fingerprint density at radius 3 is 1.45 bits per heavy atom. The molecule has 0 fully saturated rings. The smallest absolute Gasteiger partial charge is 0.395 e. The van der Waals surface area contributed by atoms with Gasteiger partial charge < -0.3 is 25.1 Å². The standard InChI is InChI=1S/C19H26O10P2/c20-13-19(14-21,15-22)18(30(23,24)25)29-31(26,27-11-16-7-3-1-4-8-16)28-12-17-9-5-2-6-10-17/h1-10,18,20-22H,11-15H2,(H2,23,24,25). The van der Waals surface area contributed by atoms with Crippen LogP contribution < -0.4 is 0 Å². The maximum Gasteiger partial charge on any atom is 0.476 e. The minimum absolute atomic E-state index is 0.273. The van der Waals surface area contributed by atoms with Gasteiger partial charge in [-0.3, -0.25) is 18.1 Å². The van der Waals surface area contributed by atoms with Crippen molar-refractivity contribution in [2.45, 2.75) is 19.1 Å². The SMILES string of the molecule is O=P(OCc1ccccc1)(OCc1ccccc1)OC(C(CO)(CO)CO)P(=O)(O)O. The van der Waals surface area contributed by atoms with Gasteiger partial charge in [-0.15, -0.1) is 0 Å². The number of phosphoric ester groups is 1. The minimum Gasteiger partial charge on any atom is -0.395 e. The lowest BCUT2D eigenvalue weighted by Gasteiger charge is -2.37. The van der Waals surface area contributed by atoms with Gasteiger partial charge in [0.05, 0.1) is 38.4 Å². The molecule has 0 heterocycles. The molecule has 5 N–H and O–H groups in total. The third-order valence-corrected chi connectivity index (χ3v) is 7.26. The summed E-state index contributed by atoms with van der Waals surface area (Å²) in [6.45, 7) is -3.73. The Balaban J connectivity index is 2.33. The fourth-order valence-electron chi connectivity index (χ4n) is 2.59. The molecule has 0 aliphatic rings. The Morgan fingerprint density at radius 2 is 1.13 bits per heavy atom. The van der Waals surface area contributed by atoms with E-state index in [9.17, 15) is 34.2 Å². The van der Waals surface area contributed by atoms with Gasteiger partial charge in [0.15, 0.2) is 5.85 Å². The van der Waals surface area contributed by atoms with Crippen molar-refractivity contribution < 1.29 is 47.8 Å². The van der Waals surface area contributed by atoms with Crippen LogP contribution in [0.25, 0.3) is 0 Å². The maximum absolute atomic E-state index is 13.4. The van der Waals surface area contributed by atoms with Gasteiger partial charge in [-0.2, -0.15) is 0 Å². The van der Waals surface area contributed by atoms with Crippen LogP contribution in [0.3, 0.4) is 0 Å². The number of aliphatic hydroxyl groups excluding tert-OH is 3. The molecule has 31 heavy (non-hydrogen) atoms. The van der Waals surface area contributed by atoms with E-state index in [0.717, 1.165) is 0 Å². The summed E-state index contributed by atoms with van der Waals surface area (Å²) in [6.07, 6.45) is 0. The van der Waals surface area contributed by atoms with E-state index in [4.69, 9.17) is 13.6 Å². The summed E-state index contributed by atoms with van der Waals surface area (Å²) in [6, 6.07) is 17.0. The molecule has 0 aliphatic carbocycles. The molecule has 0 spiro atoms. The van der Waals surface area contributed by atoms with Gasteiger partial charge in [-0.05, 0) is 11.1 Å². The minimum atomic E-state index is -5.27. The lowest BCUT2D eigenvalue weighted by Crippen LogP contribution is -2.46. The van der Waals surface area contributed by atoms with Gasteiger partial charge in [-0.25, -0.2) is 4.57 Å². The van der Waals surface area contributed by atoms with Crippen LogP contribution in [0.15, 0.2) is 60.7 Å². The lowest BCUT2D eigenvalue weighted by atomic mass is 9.92. The Hall–Kier alpha value is -1.42. The first-order valence-corrected chi connectivity index (χ1v) is 12.4. The zero-order chi connectivity index (χ0) is 23.0. The summed E-state index contributed by atoms with van der Waals surface area (Å²) in [5.41, 5.74) is -1.04. The van der Waals surface area contributed by atoms with Crippen molar-refractivity contribution in [2.75, 3.05) is 19.8 Å². The topological polar surface area (TPSA) is 163 Å². The molecule has 2 aromatic carbocycles. The summed E-state index contributed by atoms with van der Waals surface area (Å²) in [5.74, 6) is -2.36. The van der Waals surface area contributed by atoms with Crippen LogP contribution in [0, 0.1) is 5.41 Å². The van der Waals surface area contributed by atoms with E-state index in [1.54, 1.807) is 60.7 Å². The van der Waals surface area contributed by atoms with Gasteiger partial charge >= 0.3 is 15.4 Å². The van der Waals surface area contributed by atoms with Crippen molar-refractivity contribution in [2.24, 2.45) is 5.41 Å². The summed E-state index contributed by atoms with van der Waals surface area (Å²) >= 11 is 0. The van der Waals surface area contributed by atoms with E-state index in [2.05, 4.69) is 0 Å². The highest BCUT2D eigenvalue weighted by molar-refractivity contribution is 7.54. The third kappa shape index (κ3) is 7.30. The number of benzene rings is 2. The van der Waals surface area contributed by atoms with Crippen LogP contribution >= 0.6 is 15.4 Å². The first kappa shape index (κ1) is 25.8. The highest BCUT2D eigenvalue weighted by Gasteiger charge is 2.53. The maximum atomic E-state index is 13.4. The van der Waals surface area contributed by atoms with Crippen molar-refractivity contribution >= 4 is 15.4 Å². The molecule has 10 nitrogen and oxygen atoms in total. The molecule has 0 bridgehead atoms. The van der Waals surface area contributed by atoms with E-state index >= 15 is 0 Å². The average Bonchev–Trinajstić information content (AvgIpc) is 2.78. The number of hydrogen-bond donors (Lipinski definition) is 5. The van der Waals surface area contributed by atoms with Crippen molar-refractivity contribution in [1.29, 1.82) is 0 Å². The second kappa shape index (κ2) is 11.4. The van der Waals surface area contributed by atoms with Crippen molar-refractivity contribution in [3.8, 4) is 0 Å². The van der Waals surface area contributed by atoms with Crippen LogP contribution in [0.1, 0.15) is 11.1 Å². The monoisotopic (exact) mass is 476 g/mol. The molecule has 0 amide bonds. The van der Waals surface area contributed by atoms with Gasteiger partial charge in [0.25, 0.3) is 0 Å². The molecule has 2 rings (SSSR count). The predicted molar refractivity (Wildman–Crippen MR) is 111 cm³/mol. The molecule has 0 aliphatic heterocycles. The molecular formula is C19H26O10P2. The Bertz CT molecular complexity index is 827. The van der Waals surface area contributed by atoms with Gasteiger partial charge in [0.1, 0.15) is 0 Å². The van der Waals surface area contributed by atoms with Crippen molar-refractivity contribution in [3.05, 3.63) is 71.8 Å². The zero-order valence-electron chi connectivity index (χ0n) is 16.6. The molecule has 0 radical (unpaired) electrons. The molecular weight excluding hydrogens is 450 g/mol. The Kier molecular flexibility index (Phi) is 9.54. The largest absolute Gasteiger partial charge is 0.476 e. The quantitative estimate of drug-likeness (QED) is 0.270. The van der Waals surface area contributed by atoms with E-state index in [1.807, 2.05) is 0 Å². The fraction of sp³-hybridized carbons (Fsp3) is 0.368. The highest BCUT2D eigenvalue weighted by Crippen LogP contribution is 2.61. The fourth-order valence-corrected chi connectivity index (χ4v) is 5.67. The van der Waals surface area contributed by atoms with Crippen LogP contribution in [0.4, 0.5) is 0 Å². The summed E-state index contributed by atoms with van der Waals surface area (Å²) in [4.78, 5) is 19.5. The molecule has 0 saturated carbocycles. The first-order chi connectivity index (χ1) is 14.7. The van der Waals surface area contributed by atoms with Crippen LogP contribution in [-0.2, 0) is 35.9 Å². The van der Waals surface area contributed by atoms with Gasteiger partial charge in [-0.1, -0.05) is 60.7 Å². The predicted octanol–water partition coefficient (Wildman–Crippen LogP) is 2.01. The van der Waals surface area contributed by atoms with Gasteiger partial charge in [0, 0.05) is 0 Å².